The second-order valence-corrected chi connectivity index (χ2v) is 7.95. The average Bonchev–Trinajstić information content (AvgIpc) is 2.99. The van der Waals surface area contributed by atoms with Gasteiger partial charge in [-0.15, -0.1) is 10.2 Å². The number of aryl methyl sites for hydroxylation is 1. The molecule has 1 N–H and O–H groups in total. The van der Waals surface area contributed by atoms with Crippen molar-refractivity contribution in [3.63, 3.8) is 0 Å². The fraction of sp³-hybridized carbons (Fsp3) is 0.467. The van der Waals surface area contributed by atoms with Crippen LogP contribution in [0.15, 0.2) is 33.6 Å². The molecule has 2 aromatic rings. The predicted molar refractivity (Wildman–Crippen MR) is 83.6 cm³/mol. The Kier molecular flexibility index (Phi) is 5.04. The van der Waals surface area contributed by atoms with Crippen LogP contribution in [0.25, 0.3) is 0 Å². The first-order valence-corrected chi connectivity index (χ1v) is 9.41. The van der Waals surface area contributed by atoms with Crippen molar-refractivity contribution in [1.29, 1.82) is 0 Å². The van der Waals surface area contributed by atoms with Gasteiger partial charge in [0.2, 0.25) is 15.9 Å². The molecule has 0 amide bonds. The summed E-state index contributed by atoms with van der Waals surface area (Å²) in [6, 6.07) is 4.25. The van der Waals surface area contributed by atoms with E-state index >= 15 is 0 Å². The molecule has 1 aliphatic rings. The van der Waals surface area contributed by atoms with E-state index in [1.54, 1.807) is 6.92 Å². The highest BCUT2D eigenvalue weighted by atomic mass is 32.2. The molecule has 26 heavy (non-hydrogen) atoms. The Morgan fingerprint density at radius 3 is 2.42 bits per heavy atom. The number of hydrogen-bond acceptors (Lipinski definition) is 5. The topological polar surface area (TPSA) is 80.7 Å². The molecule has 1 aromatic heterocycles. The molecule has 2 heterocycles. The van der Waals surface area contributed by atoms with E-state index in [-0.39, 0.29) is 13.1 Å². The van der Waals surface area contributed by atoms with Crippen LogP contribution in [0.4, 0.5) is 13.2 Å². The van der Waals surface area contributed by atoms with E-state index in [4.69, 9.17) is 4.42 Å². The maximum Gasteiger partial charge on any atom is 0.417 e. The summed E-state index contributed by atoms with van der Waals surface area (Å²) in [5.74, 6) is 0.903. The van der Waals surface area contributed by atoms with Crippen LogP contribution in [0, 0.1) is 6.92 Å². The van der Waals surface area contributed by atoms with Gasteiger partial charge in [0.25, 0.3) is 5.89 Å². The summed E-state index contributed by atoms with van der Waals surface area (Å²) in [4.78, 5) is 0.327. The van der Waals surface area contributed by atoms with Crippen LogP contribution < -0.4 is 4.90 Å². The lowest BCUT2D eigenvalue weighted by atomic mass is 10.2. The molecule has 7 nitrogen and oxygen atoms in total. The van der Waals surface area contributed by atoms with Gasteiger partial charge in [-0.25, -0.2) is 8.42 Å². The minimum absolute atomic E-state index is 0.122. The van der Waals surface area contributed by atoms with E-state index in [1.165, 1.54) is 12.1 Å². The number of quaternary nitrogens is 1. The molecule has 0 unspecified atom stereocenters. The Morgan fingerprint density at radius 1 is 1.19 bits per heavy atom. The number of hydrogen-bond donors (Lipinski definition) is 1. The van der Waals surface area contributed by atoms with Gasteiger partial charge < -0.3 is 9.32 Å². The molecule has 1 aliphatic heterocycles. The zero-order valence-electron chi connectivity index (χ0n) is 14.0. The van der Waals surface area contributed by atoms with Crippen LogP contribution in [0.1, 0.15) is 17.3 Å². The van der Waals surface area contributed by atoms with Crippen molar-refractivity contribution in [3.05, 3.63) is 41.6 Å². The lowest BCUT2D eigenvalue weighted by Crippen LogP contribution is -3.13. The molecule has 11 heteroatoms. The largest absolute Gasteiger partial charge is 0.420 e. The molecule has 142 valence electrons. The molecule has 1 fully saturated rings. The standard InChI is InChI=1S/C15H17F3N4O3S/c1-11-19-20-14(25-11)10-21-6-8-22(9-7-21)26(23,24)13-5-3-2-4-12(13)15(16,17)18/h2-5H,6-10H2,1H3/p+1. The molecule has 1 saturated heterocycles. The van der Waals surface area contributed by atoms with E-state index in [0.29, 0.717) is 31.4 Å². The van der Waals surface area contributed by atoms with Crippen LogP contribution in [0.3, 0.4) is 0 Å². The number of halogens is 3. The molecule has 0 aliphatic carbocycles. The smallest absolute Gasteiger partial charge is 0.417 e. The molecule has 0 saturated carbocycles. The van der Waals surface area contributed by atoms with Crippen molar-refractivity contribution in [2.24, 2.45) is 0 Å². The summed E-state index contributed by atoms with van der Waals surface area (Å²) in [6.07, 6.45) is -4.73. The third-order valence-corrected chi connectivity index (χ3v) is 6.17. The number of benzene rings is 1. The summed E-state index contributed by atoms with van der Waals surface area (Å²) in [5, 5.41) is 7.64. The lowest BCUT2D eigenvalue weighted by Gasteiger charge is -2.31. The van der Waals surface area contributed by atoms with E-state index in [2.05, 4.69) is 10.2 Å². The first kappa shape index (κ1) is 18.8. The van der Waals surface area contributed by atoms with Crippen LogP contribution in [0.2, 0.25) is 0 Å². The summed E-state index contributed by atoms with van der Waals surface area (Å²) >= 11 is 0. The maximum atomic E-state index is 13.1. The van der Waals surface area contributed by atoms with Crippen molar-refractivity contribution in [2.45, 2.75) is 24.5 Å². The summed E-state index contributed by atoms with van der Waals surface area (Å²) in [5.41, 5.74) is -1.14. The SMILES string of the molecule is Cc1nnc(C[NH+]2CCN(S(=O)(=O)c3ccccc3C(F)(F)F)CC2)o1. The van der Waals surface area contributed by atoms with Gasteiger partial charge >= 0.3 is 6.18 Å². The molecule has 1 aromatic carbocycles. The molecule has 3 rings (SSSR count). The minimum atomic E-state index is -4.73. The van der Waals surface area contributed by atoms with Crippen LogP contribution in [-0.4, -0.2) is 49.1 Å². The number of nitrogens with zero attached hydrogens (tertiary/aromatic N) is 3. The number of alkyl halides is 3. The Hall–Kier alpha value is -1.98. The quantitative estimate of drug-likeness (QED) is 0.820. The highest BCUT2D eigenvalue weighted by Crippen LogP contribution is 2.35. The molecule has 0 atom stereocenters. The van der Waals surface area contributed by atoms with Gasteiger partial charge in [0, 0.05) is 6.92 Å². The van der Waals surface area contributed by atoms with Gasteiger partial charge in [-0.1, -0.05) is 12.1 Å². The Morgan fingerprint density at radius 2 is 1.85 bits per heavy atom. The Bertz CT molecular complexity index is 874. The number of nitrogens with one attached hydrogen (secondary N) is 1. The molecular weight excluding hydrogens is 373 g/mol. The maximum absolute atomic E-state index is 13.1. The fourth-order valence-corrected chi connectivity index (χ4v) is 4.56. The van der Waals surface area contributed by atoms with Gasteiger partial charge in [0.15, 0.2) is 6.54 Å². The number of sulfonamides is 1. The van der Waals surface area contributed by atoms with Crippen molar-refractivity contribution < 1.29 is 30.9 Å². The van der Waals surface area contributed by atoms with E-state index < -0.39 is 26.7 Å². The zero-order chi connectivity index (χ0) is 18.9. The molecule has 0 radical (unpaired) electrons. The van der Waals surface area contributed by atoms with Crippen LogP contribution in [0.5, 0.6) is 0 Å². The number of aromatic nitrogens is 2. The average molecular weight is 391 g/mol. The monoisotopic (exact) mass is 391 g/mol. The minimum Gasteiger partial charge on any atom is -0.420 e. The van der Waals surface area contributed by atoms with E-state index in [0.717, 1.165) is 21.3 Å². The van der Waals surface area contributed by atoms with Crippen LogP contribution >= 0.6 is 0 Å². The first-order valence-electron chi connectivity index (χ1n) is 7.97. The lowest BCUT2D eigenvalue weighted by molar-refractivity contribution is -0.918. The molecule has 0 bridgehead atoms. The predicted octanol–water partition coefficient (Wildman–Crippen LogP) is 0.486. The van der Waals surface area contributed by atoms with Gasteiger partial charge in [0.05, 0.1) is 36.6 Å². The second kappa shape index (κ2) is 6.97. The molecule has 0 spiro atoms. The number of piperazine rings is 1. The normalized spacial score (nSPS) is 17.5. The third-order valence-electron chi connectivity index (χ3n) is 4.21. The van der Waals surface area contributed by atoms with Crippen molar-refractivity contribution in [1.82, 2.24) is 14.5 Å². The molecular formula is C15H18F3N4O3S+. The van der Waals surface area contributed by atoms with Crippen molar-refractivity contribution in [2.75, 3.05) is 26.2 Å². The van der Waals surface area contributed by atoms with Crippen LogP contribution in [-0.2, 0) is 22.7 Å². The Balaban J connectivity index is 1.73. The summed E-state index contributed by atoms with van der Waals surface area (Å²) < 4.78 is 71.2. The summed E-state index contributed by atoms with van der Waals surface area (Å²) in [7, 11) is -4.22. The van der Waals surface area contributed by atoms with Gasteiger partial charge in [-0.05, 0) is 12.1 Å². The van der Waals surface area contributed by atoms with E-state index in [9.17, 15) is 21.6 Å². The number of rotatable bonds is 4. The van der Waals surface area contributed by atoms with E-state index in [1.807, 2.05) is 0 Å². The van der Waals surface area contributed by atoms with Crippen molar-refractivity contribution >= 4 is 10.0 Å². The summed E-state index contributed by atoms with van der Waals surface area (Å²) in [6.45, 7) is 3.25. The van der Waals surface area contributed by atoms with Crippen molar-refractivity contribution in [3.8, 4) is 0 Å². The van der Waals surface area contributed by atoms with Gasteiger partial charge in [0.1, 0.15) is 0 Å². The zero-order valence-corrected chi connectivity index (χ0v) is 14.8. The highest BCUT2D eigenvalue weighted by Gasteiger charge is 2.40. The second-order valence-electron chi connectivity index (χ2n) is 6.04. The van der Waals surface area contributed by atoms with Gasteiger partial charge in [-0.3, -0.25) is 0 Å². The third kappa shape index (κ3) is 3.89. The first-order chi connectivity index (χ1) is 12.2. The highest BCUT2D eigenvalue weighted by molar-refractivity contribution is 7.89. The van der Waals surface area contributed by atoms with Gasteiger partial charge in [-0.2, -0.15) is 17.5 Å². The Labute approximate surface area is 148 Å². The fourth-order valence-electron chi connectivity index (χ4n) is 2.91.